The van der Waals surface area contributed by atoms with E-state index >= 15 is 0 Å². The number of hydrogen-bond acceptors (Lipinski definition) is 4. The molecule has 156 valence electrons. The lowest BCUT2D eigenvalue weighted by atomic mass is 10.0. The average molecular weight is 408 g/mol. The molecule has 1 aromatic heterocycles. The van der Waals surface area contributed by atoms with E-state index in [0.29, 0.717) is 46.4 Å². The summed E-state index contributed by atoms with van der Waals surface area (Å²) in [7, 11) is 4.04. The Hall–Kier alpha value is -3.59. The molecule has 2 aliphatic rings. The van der Waals surface area contributed by atoms with Gasteiger partial charge in [0.2, 0.25) is 0 Å². The Bertz CT molecular complexity index is 1050. The molecule has 1 aromatic carbocycles. The van der Waals surface area contributed by atoms with Gasteiger partial charge < -0.3 is 31.2 Å². The number of fused-ring (bicyclic) bond motifs is 1. The normalized spacial score (nSPS) is 19.3. The van der Waals surface area contributed by atoms with Crippen LogP contribution in [0.25, 0.3) is 11.6 Å². The summed E-state index contributed by atoms with van der Waals surface area (Å²) in [4.78, 5) is 43.4. The van der Waals surface area contributed by atoms with Crippen LogP contribution in [0.2, 0.25) is 0 Å². The summed E-state index contributed by atoms with van der Waals surface area (Å²) in [6, 6.07) is 6.49. The van der Waals surface area contributed by atoms with E-state index in [1.807, 2.05) is 19.0 Å². The van der Waals surface area contributed by atoms with E-state index in [-0.39, 0.29) is 11.8 Å². The summed E-state index contributed by atoms with van der Waals surface area (Å²) in [5.41, 5.74) is 8.62. The maximum Gasteiger partial charge on any atom is 0.316 e. The molecule has 9 heteroatoms. The Balaban J connectivity index is 1.56. The fourth-order valence-electron chi connectivity index (χ4n) is 3.86. The minimum Gasteiger partial charge on any atom is -0.361 e. The Morgan fingerprint density at radius 2 is 2.10 bits per heavy atom. The van der Waals surface area contributed by atoms with Crippen molar-refractivity contribution < 1.29 is 14.4 Å². The lowest BCUT2D eigenvalue weighted by molar-refractivity contribution is -0.110. The van der Waals surface area contributed by atoms with Crippen LogP contribution in [0.4, 0.5) is 16.2 Å². The lowest BCUT2D eigenvalue weighted by Gasteiger charge is -2.20. The number of aromatic nitrogens is 1. The highest BCUT2D eigenvalue weighted by atomic mass is 16.2. The molecule has 0 saturated carbocycles. The zero-order chi connectivity index (χ0) is 21.4. The van der Waals surface area contributed by atoms with Gasteiger partial charge in [0.1, 0.15) is 0 Å². The highest BCUT2D eigenvalue weighted by Gasteiger charge is 2.29. The standard InChI is InChI=1S/C21H24N6O3/c1-26(2)15-5-6-27(11-15)20(29)12-7-14(23-10-12)9-17-16-8-13(24-21(22)30)3-4-18(16)25-19(17)28/h3-4,7-10,15,23H,5-6,11H2,1-2H3,(H,25,28)(H3,22,24,30)/t15-/m0/s1. The zero-order valence-corrected chi connectivity index (χ0v) is 16.9. The van der Waals surface area contributed by atoms with Crippen LogP contribution in [0, 0.1) is 0 Å². The van der Waals surface area contributed by atoms with Crippen molar-refractivity contribution in [3.05, 3.63) is 47.3 Å². The Morgan fingerprint density at radius 1 is 1.30 bits per heavy atom. The third kappa shape index (κ3) is 3.79. The summed E-state index contributed by atoms with van der Waals surface area (Å²) in [5, 5.41) is 5.30. The van der Waals surface area contributed by atoms with Crippen molar-refractivity contribution >= 4 is 40.9 Å². The van der Waals surface area contributed by atoms with Crippen LogP contribution in [0.15, 0.2) is 30.5 Å². The SMILES string of the molecule is CN(C)[C@H]1CCN(C(=O)c2c[nH]c(C=C3C(=O)Nc4ccc(NC(N)=O)cc43)c2)C1. The number of primary amides is 1. The number of aromatic amines is 1. The maximum atomic E-state index is 12.8. The first-order valence-electron chi connectivity index (χ1n) is 9.70. The first kappa shape index (κ1) is 19.7. The van der Waals surface area contributed by atoms with E-state index in [9.17, 15) is 14.4 Å². The molecule has 1 saturated heterocycles. The molecule has 0 spiro atoms. The highest BCUT2D eigenvalue weighted by Crippen LogP contribution is 2.35. The zero-order valence-electron chi connectivity index (χ0n) is 16.9. The summed E-state index contributed by atoms with van der Waals surface area (Å²) >= 11 is 0. The number of nitrogens with zero attached hydrogens (tertiary/aromatic N) is 2. The summed E-state index contributed by atoms with van der Waals surface area (Å²) in [6.07, 6.45) is 4.31. The van der Waals surface area contributed by atoms with Crippen molar-refractivity contribution in [2.75, 3.05) is 37.8 Å². The average Bonchev–Trinajstić information content (AvgIpc) is 3.41. The molecule has 1 fully saturated rings. The van der Waals surface area contributed by atoms with Crippen molar-refractivity contribution in [3.8, 4) is 0 Å². The second kappa shape index (κ2) is 7.68. The molecule has 2 aromatic rings. The van der Waals surface area contributed by atoms with Crippen molar-refractivity contribution in [1.82, 2.24) is 14.8 Å². The first-order chi connectivity index (χ1) is 14.3. The van der Waals surface area contributed by atoms with Crippen LogP contribution in [0.1, 0.15) is 28.0 Å². The molecule has 2 aliphatic heterocycles. The van der Waals surface area contributed by atoms with E-state index in [1.165, 1.54) is 0 Å². The molecule has 4 rings (SSSR count). The molecule has 0 bridgehead atoms. The van der Waals surface area contributed by atoms with Crippen molar-refractivity contribution in [2.24, 2.45) is 5.73 Å². The lowest BCUT2D eigenvalue weighted by Crippen LogP contribution is -2.34. The van der Waals surface area contributed by atoms with Gasteiger partial charge >= 0.3 is 6.03 Å². The maximum absolute atomic E-state index is 12.8. The van der Waals surface area contributed by atoms with Crippen LogP contribution in [0.5, 0.6) is 0 Å². The Labute approximate surface area is 173 Å². The smallest absolute Gasteiger partial charge is 0.316 e. The molecule has 5 N–H and O–H groups in total. The van der Waals surface area contributed by atoms with Crippen molar-refractivity contribution in [3.63, 3.8) is 0 Å². The van der Waals surface area contributed by atoms with E-state index in [0.717, 1.165) is 13.0 Å². The van der Waals surface area contributed by atoms with Gasteiger partial charge in [-0.2, -0.15) is 0 Å². The third-order valence-electron chi connectivity index (χ3n) is 5.50. The molecule has 3 heterocycles. The van der Waals surface area contributed by atoms with Gasteiger partial charge in [-0.05, 0) is 50.9 Å². The van der Waals surface area contributed by atoms with E-state index in [1.54, 1.807) is 36.5 Å². The fraction of sp³-hybridized carbons (Fsp3) is 0.286. The number of nitrogens with one attached hydrogen (secondary N) is 3. The van der Waals surface area contributed by atoms with Gasteiger partial charge in [0, 0.05) is 48.0 Å². The van der Waals surface area contributed by atoms with Gasteiger partial charge in [0.15, 0.2) is 0 Å². The number of rotatable bonds is 4. The Morgan fingerprint density at radius 3 is 2.80 bits per heavy atom. The topological polar surface area (TPSA) is 124 Å². The number of likely N-dealkylation sites (N-methyl/N-ethyl adjacent to an activating group) is 1. The molecule has 0 radical (unpaired) electrons. The predicted molar refractivity (Wildman–Crippen MR) is 115 cm³/mol. The molecule has 0 unspecified atom stereocenters. The van der Waals surface area contributed by atoms with Crippen LogP contribution >= 0.6 is 0 Å². The second-order valence-electron chi connectivity index (χ2n) is 7.76. The fourth-order valence-corrected chi connectivity index (χ4v) is 3.86. The highest BCUT2D eigenvalue weighted by molar-refractivity contribution is 6.35. The van der Waals surface area contributed by atoms with Gasteiger partial charge in [0.25, 0.3) is 11.8 Å². The number of carbonyl (C=O) groups excluding carboxylic acids is 3. The summed E-state index contributed by atoms with van der Waals surface area (Å²) in [6.45, 7) is 1.44. The number of likely N-dealkylation sites (tertiary alicyclic amines) is 1. The number of hydrogen-bond donors (Lipinski definition) is 4. The predicted octanol–water partition coefficient (Wildman–Crippen LogP) is 1.77. The monoisotopic (exact) mass is 408 g/mol. The number of anilines is 2. The van der Waals surface area contributed by atoms with Crippen LogP contribution < -0.4 is 16.4 Å². The molecular weight excluding hydrogens is 384 g/mol. The van der Waals surface area contributed by atoms with Gasteiger partial charge in [-0.1, -0.05) is 0 Å². The molecular formula is C21H24N6O3. The van der Waals surface area contributed by atoms with Gasteiger partial charge in [-0.3, -0.25) is 9.59 Å². The molecule has 9 nitrogen and oxygen atoms in total. The van der Waals surface area contributed by atoms with E-state index < -0.39 is 6.03 Å². The molecule has 1 atom stereocenters. The largest absolute Gasteiger partial charge is 0.361 e. The van der Waals surface area contributed by atoms with E-state index in [2.05, 4.69) is 20.5 Å². The molecule has 0 aliphatic carbocycles. The number of H-pyrrole nitrogens is 1. The third-order valence-corrected chi connectivity index (χ3v) is 5.50. The van der Waals surface area contributed by atoms with Gasteiger partial charge in [-0.25, -0.2) is 4.79 Å². The Kier molecular flexibility index (Phi) is 5.04. The summed E-state index contributed by atoms with van der Waals surface area (Å²) in [5.74, 6) is -0.276. The van der Waals surface area contributed by atoms with Gasteiger partial charge in [0.05, 0.1) is 11.1 Å². The first-order valence-corrected chi connectivity index (χ1v) is 9.70. The number of nitrogens with two attached hydrogens (primary N) is 1. The van der Waals surface area contributed by atoms with Crippen LogP contribution in [0.3, 0.4) is 0 Å². The minimum atomic E-state index is -0.677. The number of amides is 4. The quantitative estimate of drug-likeness (QED) is 0.576. The van der Waals surface area contributed by atoms with Crippen LogP contribution in [-0.2, 0) is 4.79 Å². The molecule has 4 amide bonds. The van der Waals surface area contributed by atoms with Crippen molar-refractivity contribution in [2.45, 2.75) is 12.5 Å². The molecule has 30 heavy (non-hydrogen) atoms. The minimum absolute atomic E-state index is 0.0236. The van der Waals surface area contributed by atoms with E-state index in [4.69, 9.17) is 5.73 Å². The second-order valence-corrected chi connectivity index (χ2v) is 7.76. The number of benzene rings is 1. The number of urea groups is 1. The van der Waals surface area contributed by atoms with Crippen molar-refractivity contribution in [1.29, 1.82) is 0 Å². The summed E-state index contributed by atoms with van der Waals surface area (Å²) < 4.78 is 0. The van der Waals surface area contributed by atoms with Gasteiger partial charge in [-0.15, -0.1) is 0 Å². The van der Waals surface area contributed by atoms with Crippen LogP contribution in [-0.4, -0.2) is 65.9 Å². The number of carbonyl (C=O) groups is 3.